The van der Waals surface area contributed by atoms with E-state index in [0.717, 1.165) is 0 Å². The van der Waals surface area contributed by atoms with Gasteiger partial charge in [-0.15, -0.1) is 15.8 Å². The van der Waals surface area contributed by atoms with Crippen LogP contribution < -0.4 is 0 Å². The Bertz CT molecular complexity index is 199. The molecule has 0 amide bonds. The normalized spacial score (nSPS) is 7.14. The summed E-state index contributed by atoms with van der Waals surface area (Å²) < 4.78 is 12.1. The van der Waals surface area contributed by atoms with Crippen molar-refractivity contribution in [2.24, 2.45) is 0 Å². The third-order valence-electron chi connectivity index (χ3n) is 0.284. The maximum atomic E-state index is 9.26. The first kappa shape index (κ1) is 37.9. The molecule has 0 aliphatic carbocycles. The molecule has 0 aliphatic heterocycles. The Morgan fingerprint density at radius 2 is 1.29 bits per heavy atom. The third-order valence-corrected chi connectivity index (χ3v) is 0.380. The fourth-order valence-electron chi connectivity index (χ4n) is 0.0962. The summed E-state index contributed by atoms with van der Waals surface area (Å²) in [5.74, 6) is 0. The predicted octanol–water partition coefficient (Wildman–Crippen LogP) is 4.00. The van der Waals surface area contributed by atoms with Crippen LogP contribution in [0, 0.1) is 6.65 Å². The van der Waals surface area contributed by atoms with Gasteiger partial charge in [-0.1, -0.05) is 0 Å². The molecule has 0 aromatic rings. The summed E-state index contributed by atoms with van der Waals surface area (Å²) in [5.41, 5.74) is 2.15. The first-order valence-corrected chi connectivity index (χ1v) is 11.8. The molecule has 21 heavy (non-hydrogen) atoms. The summed E-state index contributed by atoms with van der Waals surface area (Å²) in [6.07, 6.45) is 0.183. The van der Waals surface area contributed by atoms with Gasteiger partial charge in [0.1, 0.15) is 0 Å². The van der Waals surface area contributed by atoms with E-state index in [2.05, 4.69) is 81.8 Å². The van der Waals surface area contributed by atoms with Gasteiger partial charge in [0, 0.05) is 5.12 Å². The van der Waals surface area contributed by atoms with Gasteiger partial charge in [0.2, 0.25) is 0 Å². The van der Waals surface area contributed by atoms with E-state index in [9.17, 15) is 4.79 Å². The summed E-state index contributed by atoms with van der Waals surface area (Å²) in [5, 5.41) is -0.250. The molecule has 0 rings (SSSR count). The molecular weight excluding hydrogens is 426 g/mol. The van der Waals surface area contributed by atoms with Gasteiger partial charge in [0.25, 0.3) is 0 Å². The molecule has 0 spiro atoms. The van der Waals surface area contributed by atoms with Crippen LogP contribution in [-0.4, -0.2) is 56.8 Å². The first-order chi connectivity index (χ1) is 8.97. The van der Waals surface area contributed by atoms with E-state index in [0.29, 0.717) is 15.8 Å². The number of carbonyl (C=O) groups excluding carboxylic acids is 1. The van der Waals surface area contributed by atoms with Gasteiger partial charge in [0.15, 0.2) is 0 Å². The van der Waals surface area contributed by atoms with Crippen molar-refractivity contribution < 1.29 is 35.2 Å². The fraction of sp³-hybridized carbons (Fsp3) is 0.769. The van der Waals surface area contributed by atoms with E-state index in [1.165, 1.54) is 6.92 Å². The summed E-state index contributed by atoms with van der Waals surface area (Å²) in [7, 11) is 0.759. The standard InChI is InChI=1S/C4H7OS.2C3H9P.C2H4OS.CO.Mo/c1-4(2)5-3-6;2*1-4(2)3;1-2(3)4;1-2;/h4H,1-2H3;2*1-3H3;1H3,(H,3,4);;/q-1;;;;;+2/p-1. The number of carbonyl (C=O) groups is 1. The Morgan fingerprint density at radius 1 is 1.14 bits per heavy atom. The van der Waals surface area contributed by atoms with Gasteiger partial charge < -0.3 is 34.4 Å². The van der Waals surface area contributed by atoms with E-state index in [-0.39, 0.29) is 32.3 Å². The Labute approximate surface area is 159 Å². The van der Waals surface area contributed by atoms with E-state index in [1.807, 2.05) is 13.8 Å². The van der Waals surface area contributed by atoms with E-state index in [1.54, 1.807) is 0 Å². The van der Waals surface area contributed by atoms with Crippen LogP contribution in [0.3, 0.4) is 0 Å². The van der Waals surface area contributed by atoms with Gasteiger partial charge in [-0.25, -0.2) is 5.55 Å². The van der Waals surface area contributed by atoms with Crippen molar-refractivity contribution in [3.05, 3.63) is 6.65 Å². The zero-order chi connectivity index (χ0) is 17.7. The number of rotatable bonds is 2. The van der Waals surface area contributed by atoms with Crippen molar-refractivity contribution >= 4 is 51.4 Å². The molecule has 126 valence electrons. The maximum absolute atomic E-state index is 9.26. The van der Waals surface area contributed by atoms with E-state index in [4.69, 9.17) is 4.65 Å². The first-order valence-electron chi connectivity index (χ1n) is 5.59. The summed E-state index contributed by atoms with van der Waals surface area (Å²) >= 11 is 8.24. The molecule has 8 heteroatoms. The number of hydrogen-bond donors (Lipinski definition) is 0. The molecule has 0 heterocycles. The molecule has 0 aromatic carbocycles. The number of ether oxygens (including phenoxy) is 1. The Balaban J connectivity index is -0.0000000343. The fourth-order valence-corrected chi connectivity index (χ4v) is 0.289. The average molecular weight is 454 g/mol. The van der Waals surface area contributed by atoms with E-state index >= 15 is 0 Å². The monoisotopic (exact) mass is 456 g/mol. The van der Waals surface area contributed by atoms with Crippen LogP contribution in [0.1, 0.15) is 20.8 Å². The predicted molar refractivity (Wildman–Crippen MR) is 100 cm³/mol. The van der Waals surface area contributed by atoms with E-state index < -0.39 is 0 Å². The molecule has 0 N–H and O–H groups in total. The Morgan fingerprint density at radius 3 is 1.29 bits per heavy atom. The second-order valence-corrected chi connectivity index (χ2v) is 10.5. The summed E-state index contributed by atoms with van der Waals surface area (Å²) in [6.45, 7) is 23.0. The van der Waals surface area contributed by atoms with Crippen molar-refractivity contribution in [2.75, 3.05) is 40.0 Å². The molecular formula is C13H28MoO3P2S2. The van der Waals surface area contributed by atoms with Crippen LogP contribution in [0.25, 0.3) is 0 Å². The van der Waals surface area contributed by atoms with Crippen LogP contribution in [-0.2, 0) is 47.9 Å². The quantitative estimate of drug-likeness (QED) is 0.158. The minimum Gasteiger partial charge on any atom is 2.00 e. The number of thiocarbonyl (C=S) groups is 1. The van der Waals surface area contributed by atoms with Crippen molar-refractivity contribution in [2.45, 2.75) is 26.9 Å². The van der Waals surface area contributed by atoms with Gasteiger partial charge in [-0.2, -0.15) is 0 Å². The second-order valence-electron chi connectivity index (χ2n) is 4.42. The van der Waals surface area contributed by atoms with Crippen LogP contribution in [0.5, 0.6) is 0 Å². The van der Waals surface area contributed by atoms with Crippen LogP contribution >= 0.6 is 28.1 Å². The largest absolute Gasteiger partial charge is 2.00 e. The number of hydrogen-bond acceptors (Lipinski definition) is 4. The van der Waals surface area contributed by atoms with Crippen molar-refractivity contribution in [1.82, 2.24) is 0 Å². The molecule has 0 radical (unpaired) electrons. The van der Waals surface area contributed by atoms with Crippen molar-refractivity contribution in [3.63, 3.8) is 0 Å². The van der Waals surface area contributed by atoms with Crippen LogP contribution in [0.4, 0.5) is 0 Å². The SMILES string of the molecule is CC(=O)[S-].CC(C)O[C-]=S.CP(C)C.CP(C)C.[C-]#[O+].[Mo+2]. The molecule has 3 nitrogen and oxygen atoms in total. The Hall–Kier alpha value is 1.07. The Kier molecular flexibility index (Phi) is 67.5. The molecule has 0 aliphatic rings. The zero-order valence-electron chi connectivity index (χ0n) is 14.4. The third kappa shape index (κ3) is 463. The van der Waals surface area contributed by atoms with Gasteiger partial charge in [-0.05, 0) is 60.8 Å². The van der Waals surface area contributed by atoms with Crippen LogP contribution in [0.2, 0.25) is 0 Å². The summed E-state index contributed by atoms with van der Waals surface area (Å²) in [6, 6.07) is 0. The smallest absolute Gasteiger partial charge is 2.00 e. The molecule has 0 saturated heterocycles. The van der Waals surface area contributed by atoms with Crippen molar-refractivity contribution in [3.8, 4) is 0 Å². The molecule has 0 unspecified atom stereocenters. The maximum Gasteiger partial charge on any atom is 2.00 e. The molecule has 0 fully saturated rings. The zero-order valence-corrected chi connectivity index (χ0v) is 19.9. The van der Waals surface area contributed by atoms with Gasteiger partial charge >= 0.3 is 32.4 Å². The molecule has 0 saturated carbocycles. The minimum atomic E-state index is -0.250. The van der Waals surface area contributed by atoms with Gasteiger partial charge in [-0.3, -0.25) is 0 Å². The van der Waals surface area contributed by atoms with Crippen molar-refractivity contribution in [1.29, 1.82) is 0 Å². The summed E-state index contributed by atoms with van der Waals surface area (Å²) in [4.78, 5) is 9.26. The average Bonchev–Trinajstić information content (AvgIpc) is 2.17. The van der Waals surface area contributed by atoms with Gasteiger partial charge in [0.05, 0.1) is 6.10 Å². The molecule has 0 atom stereocenters. The minimum absolute atomic E-state index is 0. The molecule has 0 bridgehead atoms. The molecule has 0 aromatic heterocycles. The second kappa shape index (κ2) is 37.4. The van der Waals surface area contributed by atoms with Crippen LogP contribution in [0.15, 0.2) is 0 Å². The topological polar surface area (TPSA) is 46.2 Å².